The van der Waals surface area contributed by atoms with E-state index in [0.717, 1.165) is 22.7 Å². The molecule has 2 heteroatoms. The van der Waals surface area contributed by atoms with Crippen LogP contribution in [0.2, 0.25) is 0 Å². The number of hydrogen-bond acceptors (Lipinski definition) is 1. The molecule has 0 aliphatic carbocycles. The number of aromatic nitrogens is 1. The van der Waals surface area contributed by atoms with E-state index in [1.54, 1.807) is 0 Å². The number of benzene rings is 7. The van der Waals surface area contributed by atoms with Crippen molar-refractivity contribution in [1.82, 2.24) is 4.57 Å². The fourth-order valence-corrected chi connectivity index (χ4v) is 6.29. The summed E-state index contributed by atoms with van der Waals surface area (Å²) in [6, 6.07) is 65.0. The van der Waals surface area contributed by atoms with Gasteiger partial charge in [0.15, 0.2) is 0 Å². The van der Waals surface area contributed by atoms with Crippen LogP contribution in [0.3, 0.4) is 0 Å². The highest BCUT2D eigenvalue weighted by Gasteiger charge is 2.15. The van der Waals surface area contributed by atoms with Crippen LogP contribution >= 0.6 is 0 Å². The maximum Gasteiger partial charge on any atom is 0.0547 e. The Kier molecular flexibility index (Phi) is 6.51. The van der Waals surface area contributed by atoms with Gasteiger partial charge in [-0.1, -0.05) is 121 Å². The lowest BCUT2D eigenvalue weighted by Crippen LogP contribution is -2.09. The van der Waals surface area contributed by atoms with Crippen molar-refractivity contribution in [3.8, 4) is 27.9 Å². The van der Waals surface area contributed by atoms with Crippen LogP contribution in [-0.4, -0.2) is 4.57 Å². The molecule has 0 atom stereocenters. The zero-order valence-corrected chi connectivity index (χ0v) is 24.2. The standard InChI is InChI=1S/C42H30N2/c1-4-13-31(14-5-1)33-15-12-20-38(29-33)44-41-22-11-10-21-39(41)40-28-25-34(30-42(40)44)32-23-26-37(27-24-32)43(35-16-6-2-7-17-35)36-18-8-3-9-19-36/h1-30H. The number of para-hydroxylation sites is 3. The summed E-state index contributed by atoms with van der Waals surface area (Å²) < 4.78 is 2.40. The summed E-state index contributed by atoms with van der Waals surface area (Å²) in [5, 5.41) is 2.52. The first-order chi connectivity index (χ1) is 21.8. The zero-order chi connectivity index (χ0) is 29.3. The topological polar surface area (TPSA) is 8.17 Å². The quantitative estimate of drug-likeness (QED) is 0.196. The van der Waals surface area contributed by atoms with Gasteiger partial charge in [-0.25, -0.2) is 0 Å². The lowest BCUT2D eigenvalue weighted by Gasteiger charge is -2.25. The van der Waals surface area contributed by atoms with Gasteiger partial charge in [0.1, 0.15) is 0 Å². The molecule has 0 aliphatic rings. The molecule has 1 aromatic heterocycles. The third-order valence-corrected chi connectivity index (χ3v) is 8.37. The van der Waals surface area contributed by atoms with Gasteiger partial charge in [0.05, 0.1) is 11.0 Å². The Bertz CT molecular complexity index is 2160. The monoisotopic (exact) mass is 562 g/mol. The maximum atomic E-state index is 2.40. The Labute approximate surface area is 257 Å². The Hall–Kier alpha value is -5.86. The molecule has 1 heterocycles. The van der Waals surface area contributed by atoms with Crippen molar-refractivity contribution in [3.63, 3.8) is 0 Å². The van der Waals surface area contributed by atoms with E-state index in [0.29, 0.717) is 0 Å². The lowest BCUT2D eigenvalue weighted by atomic mass is 10.0. The molecule has 0 N–H and O–H groups in total. The third-order valence-electron chi connectivity index (χ3n) is 8.37. The molecule has 0 spiro atoms. The van der Waals surface area contributed by atoms with Crippen LogP contribution in [-0.2, 0) is 0 Å². The second-order valence-electron chi connectivity index (χ2n) is 11.1. The second-order valence-corrected chi connectivity index (χ2v) is 11.1. The Morgan fingerprint density at radius 2 is 0.818 bits per heavy atom. The predicted octanol–water partition coefficient (Wildman–Crippen LogP) is 11.6. The van der Waals surface area contributed by atoms with Crippen molar-refractivity contribution >= 4 is 38.9 Å². The number of nitrogens with zero attached hydrogens (tertiary/aromatic N) is 2. The molecule has 208 valence electrons. The van der Waals surface area contributed by atoms with E-state index in [2.05, 4.69) is 191 Å². The highest BCUT2D eigenvalue weighted by molar-refractivity contribution is 6.10. The fourth-order valence-electron chi connectivity index (χ4n) is 6.29. The maximum absolute atomic E-state index is 2.40. The van der Waals surface area contributed by atoms with Gasteiger partial charge in [-0.05, 0) is 82.9 Å². The van der Waals surface area contributed by atoms with E-state index in [9.17, 15) is 0 Å². The van der Waals surface area contributed by atoms with Gasteiger partial charge in [0.2, 0.25) is 0 Å². The molecule has 0 bridgehead atoms. The Morgan fingerprint density at radius 3 is 1.52 bits per heavy atom. The van der Waals surface area contributed by atoms with E-state index in [-0.39, 0.29) is 0 Å². The van der Waals surface area contributed by atoms with Crippen LogP contribution in [0.4, 0.5) is 17.1 Å². The molecule has 0 fully saturated rings. The van der Waals surface area contributed by atoms with Crippen molar-refractivity contribution < 1.29 is 0 Å². The average molecular weight is 563 g/mol. The fraction of sp³-hybridized carbons (Fsp3) is 0. The number of anilines is 3. The van der Waals surface area contributed by atoms with E-state index in [4.69, 9.17) is 0 Å². The molecule has 0 unspecified atom stereocenters. The van der Waals surface area contributed by atoms with Crippen LogP contribution in [0.15, 0.2) is 182 Å². The zero-order valence-electron chi connectivity index (χ0n) is 24.2. The highest BCUT2D eigenvalue weighted by atomic mass is 15.1. The summed E-state index contributed by atoms with van der Waals surface area (Å²) in [6.45, 7) is 0. The molecule has 7 aromatic carbocycles. The summed E-state index contributed by atoms with van der Waals surface area (Å²) in [6.07, 6.45) is 0. The van der Waals surface area contributed by atoms with Crippen LogP contribution in [0.1, 0.15) is 0 Å². The molecule has 8 rings (SSSR count). The highest BCUT2D eigenvalue weighted by Crippen LogP contribution is 2.38. The van der Waals surface area contributed by atoms with Gasteiger partial charge in [-0.3, -0.25) is 0 Å². The Balaban J connectivity index is 1.24. The summed E-state index contributed by atoms with van der Waals surface area (Å²) in [5.74, 6) is 0. The summed E-state index contributed by atoms with van der Waals surface area (Å²) in [5.41, 5.74) is 11.8. The molecular formula is C42H30N2. The smallest absolute Gasteiger partial charge is 0.0547 e. The van der Waals surface area contributed by atoms with Crippen molar-refractivity contribution in [2.24, 2.45) is 0 Å². The van der Waals surface area contributed by atoms with Crippen LogP contribution in [0.25, 0.3) is 49.7 Å². The number of rotatable bonds is 6. The molecule has 0 aliphatic heterocycles. The number of hydrogen-bond donors (Lipinski definition) is 0. The molecule has 8 aromatic rings. The Morgan fingerprint density at radius 1 is 0.318 bits per heavy atom. The molecule has 0 amide bonds. The first kappa shape index (κ1) is 25.8. The van der Waals surface area contributed by atoms with Crippen LogP contribution < -0.4 is 4.90 Å². The van der Waals surface area contributed by atoms with Crippen molar-refractivity contribution in [2.75, 3.05) is 4.90 Å². The van der Waals surface area contributed by atoms with Crippen LogP contribution in [0, 0.1) is 0 Å². The minimum absolute atomic E-state index is 1.12. The predicted molar refractivity (Wildman–Crippen MR) is 186 cm³/mol. The van der Waals surface area contributed by atoms with E-state index in [1.165, 1.54) is 44.1 Å². The van der Waals surface area contributed by atoms with Gasteiger partial charge in [-0.2, -0.15) is 0 Å². The molecule has 0 saturated carbocycles. The summed E-state index contributed by atoms with van der Waals surface area (Å²) in [7, 11) is 0. The van der Waals surface area contributed by atoms with Gasteiger partial charge in [-0.15, -0.1) is 0 Å². The molecule has 2 nitrogen and oxygen atoms in total. The largest absolute Gasteiger partial charge is 0.311 e. The second kappa shape index (κ2) is 11.1. The van der Waals surface area contributed by atoms with Gasteiger partial charge in [0.25, 0.3) is 0 Å². The average Bonchev–Trinajstić information content (AvgIpc) is 3.44. The summed E-state index contributed by atoms with van der Waals surface area (Å²) >= 11 is 0. The third kappa shape index (κ3) is 4.63. The van der Waals surface area contributed by atoms with Gasteiger partial charge in [0, 0.05) is 33.5 Å². The first-order valence-corrected chi connectivity index (χ1v) is 15.0. The normalized spacial score (nSPS) is 11.2. The minimum atomic E-state index is 1.12. The van der Waals surface area contributed by atoms with Gasteiger partial charge < -0.3 is 9.47 Å². The van der Waals surface area contributed by atoms with Crippen molar-refractivity contribution in [2.45, 2.75) is 0 Å². The van der Waals surface area contributed by atoms with Gasteiger partial charge >= 0.3 is 0 Å². The van der Waals surface area contributed by atoms with E-state index >= 15 is 0 Å². The van der Waals surface area contributed by atoms with Crippen LogP contribution in [0.5, 0.6) is 0 Å². The van der Waals surface area contributed by atoms with E-state index in [1.807, 2.05) is 0 Å². The molecule has 0 saturated heterocycles. The number of fused-ring (bicyclic) bond motifs is 3. The van der Waals surface area contributed by atoms with Crippen molar-refractivity contribution in [3.05, 3.63) is 182 Å². The molecular weight excluding hydrogens is 532 g/mol. The molecule has 0 radical (unpaired) electrons. The first-order valence-electron chi connectivity index (χ1n) is 15.0. The lowest BCUT2D eigenvalue weighted by molar-refractivity contribution is 1.18. The molecule has 44 heavy (non-hydrogen) atoms. The SMILES string of the molecule is c1ccc(-c2cccc(-n3c4ccccc4c4ccc(-c5ccc(N(c6ccccc6)c6ccccc6)cc5)cc43)c2)cc1. The summed E-state index contributed by atoms with van der Waals surface area (Å²) in [4.78, 5) is 2.30. The minimum Gasteiger partial charge on any atom is -0.311 e. The van der Waals surface area contributed by atoms with E-state index < -0.39 is 0 Å². The van der Waals surface area contributed by atoms with Crippen molar-refractivity contribution in [1.29, 1.82) is 0 Å².